The number of hydrogen-bond acceptors (Lipinski definition) is 5. The van der Waals surface area contributed by atoms with Crippen molar-refractivity contribution in [1.29, 1.82) is 0 Å². The molecule has 0 amide bonds. The Kier molecular flexibility index (Phi) is 4.50. The van der Waals surface area contributed by atoms with Gasteiger partial charge in [-0.2, -0.15) is 5.10 Å². The van der Waals surface area contributed by atoms with Crippen molar-refractivity contribution in [2.24, 2.45) is 0 Å². The maximum Gasteiger partial charge on any atom is 0.166 e. The van der Waals surface area contributed by atoms with Gasteiger partial charge in [-0.15, -0.1) is 0 Å². The molecule has 0 aliphatic carbocycles. The third kappa shape index (κ3) is 3.24. The first-order valence-corrected chi connectivity index (χ1v) is 10.3. The second-order valence-corrected chi connectivity index (χ2v) is 7.77. The van der Waals surface area contributed by atoms with Crippen molar-refractivity contribution >= 4 is 5.82 Å². The predicted octanol–water partition coefficient (Wildman–Crippen LogP) is 4.36. The summed E-state index contributed by atoms with van der Waals surface area (Å²) in [7, 11) is 0. The fraction of sp³-hybridized carbons (Fsp3) is 0.261. The van der Waals surface area contributed by atoms with Gasteiger partial charge in [-0.1, -0.05) is 0 Å². The number of ether oxygens (including phenoxy) is 1. The Hall–Kier alpha value is -3.68. The number of nitrogens with two attached hydrogens (primary N) is 1. The number of aromatic nitrogens is 5. The Morgan fingerprint density at radius 3 is 2.90 bits per heavy atom. The van der Waals surface area contributed by atoms with E-state index in [-0.39, 0.29) is 11.6 Å². The van der Waals surface area contributed by atoms with Crippen LogP contribution in [0.25, 0.3) is 22.6 Å². The number of imidazole rings is 1. The highest BCUT2D eigenvalue weighted by atomic mass is 19.1. The molecular weight excluding hydrogens is 395 g/mol. The quantitative estimate of drug-likeness (QED) is 0.497. The van der Waals surface area contributed by atoms with Gasteiger partial charge in [-0.3, -0.25) is 4.68 Å². The number of aryl methyl sites for hydroxylation is 2. The molecule has 158 valence electrons. The topological polar surface area (TPSA) is 83.8 Å². The van der Waals surface area contributed by atoms with Gasteiger partial charge in [0.25, 0.3) is 0 Å². The van der Waals surface area contributed by atoms with Crippen LogP contribution in [0.5, 0.6) is 5.75 Å². The highest BCUT2D eigenvalue weighted by Crippen LogP contribution is 2.37. The van der Waals surface area contributed by atoms with Crippen LogP contribution in [0.3, 0.4) is 0 Å². The van der Waals surface area contributed by atoms with Gasteiger partial charge < -0.3 is 15.0 Å². The van der Waals surface area contributed by atoms with Crippen molar-refractivity contribution in [2.75, 3.05) is 5.73 Å². The van der Waals surface area contributed by atoms with Crippen molar-refractivity contribution in [3.8, 4) is 28.4 Å². The van der Waals surface area contributed by atoms with E-state index in [0.29, 0.717) is 24.4 Å². The van der Waals surface area contributed by atoms with Crippen LogP contribution in [0.4, 0.5) is 10.2 Å². The van der Waals surface area contributed by atoms with E-state index < -0.39 is 6.10 Å². The molecular formula is C23H23FN6O. The van der Waals surface area contributed by atoms with E-state index in [2.05, 4.69) is 14.6 Å². The van der Waals surface area contributed by atoms with E-state index in [1.54, 1.807) is 12.3 Å². The zero-order valence-electron chi connectivity index (χ0n) is 17.6. The van der Waals surface area contributed by atoms with Gasteiger partial charge in [0.15, 0.2) is 11.6 Å². The minimum absolute atomic E-state index is 0.284. The SMILES string of the molecule is CCn1ncc2c1-c1cnc(N)c(c1)OC(C)c1cc(F)ccc1-c1nc(C)cn1C2. The normalized spacial score (nSPS) is 15.2. The van der Waals surface area contributed by atoms with Gasteiger partial charge in [0.05, 0.1) is 24.1 Å². The van der Waals surface area contributed by atoms with Crippen LogP contribution >= 0.6 is 0 Å². The van der Waals surface area contributed by atoms with Gasteiger partial charge in [0.1, 0.15) is 17.7 Å². The van der Waals surface area contributed by atoms with Crippen LogP contribution in [0.15, 0.2) is 42.9 Å². The second-order valence-electron chi connectivity index (χ2n) is 7.77. The van der Waals surface area contributed by atoms with E-state index in [9.17, 15) is 4.39 Å². The van der Waals surface area contributed by atoms with E-state index in [1.165, 1.54) is 12.1 Å². The van der Waals surface area contributed by atoms with Crippen molar-refractivity contribution in [3.05, 3.63) is 65.5 Å². The highest BCUT2D eigenvalue weighted by molar-refractivity contribution is 5.68. The number of hydrogen-bond donors (Lipinski definition) is 1. The van der Waals surface area contributed by atoms with Gasteiger partial charge in [0, 0.05) is 41.2 Å². The molecule has 1 atom stereocenters. The molecule has 31 heavy (non-hydrogen) atoms. The van der Waals surface area contributed by atoms with Crippen LogP contribution in [0.2, 0.25) is 0 Å². The van der Waals surface area contributed by atoms with E-state index in [4.69, 9.17) is 15.5 Å². The smallest absolute Gasteiger partial charge is 0.166 e. The molecule has 1 aromatic carbocycles. The average molecular weight is 418 g/mol. The van der Waals surface area contributed by atoms with Crippen LogP contribution in [0, 0.1) is 12.7 Å². The lowest BCUT2D eigenvalue weighted by Gasteiger charge is -2.21. The Bertz CT molecular complexity index is 1290. The molecule has 2 N–H and O–H groups in total. The minimum atomic E-state index is -0.467. The molecule has 2 bridgehead atoms. The minimum Gasteiger partial charge on any atom is -0.482 e. The van der Waals surface area contributed by atoms with Crippen LogP contribution in [-0.2, 0) is 13.1 Å². The molecule has 1 unspecified atom stereocenters. The van der Waals surface area contributed by atoms with E-state index >= 15 is 0 Å². The molecule has 0 spiro atoms. The summed E-state index contributed by atoms with van der Waals surface area (Å²) in [6.07, 6.45) is 5.14. The second kappa shape index (κ2) is 7.23. The number of benzene rings is 1. The van der Waals surface area contributed by atoms with Gasteiger partial charge in [-0.25, -0.2) is 14.4 Å². The molecule has 1 aliphatic heterocycles. The summed E-state index contributed by atoms with van der Waals surface area (Å²) in [5.74, 6) is 1.16. The van der Waals surface area contributed by atoms with Crippen molar-refractivity contribution < 1.29 is 9.13 Å². The molecule has 7 nitrogen and oxygen atoms in total. The molecule has 4 heterocycles. The maximum absolute atomic E-state index is 14.2. The number of fused-ring (bicyclic) bond motifs is 7. The molecule has 8 heteroatoms. The number of halogens is 1. The standard InChI is InChI=1S/C23H23FN6O/c1-4-30-21-15-7-20(22(25)26-9-15)31-14(3)19-8-17(24)5-6-18(19)23-28-13(2)11-29(23)12-16(21)10-27-30/h5-11,14H,4,12H2,1-3H3,(H2,25,26). The first-order chi connectivity index (χ1) is 14.9. The predicted molar refractivity (Wildman–Crippen MR) is 116 cm³/mol. The summed E-state index contributed by atoms with van der Waals surface area (Å²) in [5, 5.41) is 4.57. The lowest BCUT2D eigenvalue weighted by atomic mass is 10.0. The summed E-state index contributed by atoms with van der Waals surface area (Å²) in [5.41, 5.74) is 11.4. The van der Waals surface area contributed by atoms with Crippen molar-refractivity contribution in [1.82, 2.24) is 24.3 Å². The van der Waals surface area contributed by atoms with Gasteiger partial charge in [-0.05, 0) is 45.0 Å². The highest BCUT2D eigenvalue weighted by Gasteiger charge is 2.23. The lowest BCUT2D eigenvalue weighted by molar-refractivity contribution is 0.227. The zero-order valence-corrected chi connectivity index (χ0v) is 17.6. The monoisotopic (exact) mass is 418 g/mol. The largest absolute Gasteiger partial charge is 0.482 e. The summed E-state index contributed by atoms with van der Waals surface area (Å²) < 4.78 is 24.4. The number of nitrogens with zero attached hydrogens (tertiary/aromatic N) is 5. The van der Waals surface area contributed by atoms with Gasteiger partial charge >= 0.3 is 0 Å². The Morgan fingerprint density at radius 2 is 2.10 bits per heavy atom. The van der Waals surface area contributed by atoms with Crippen LogP contribution < -0.4 is 10.5 Å². The fourth-order valence-corrected chi connectivity index (χ4v) is 4.19. The lowest BCUT2D eigenvalue weighted by Crippen LogP contribution is -2.11. The molecule has 0 saturated carbocycles. The fourth-order valence-electron chi connectivity index (χ4n) is 4.19. The third-order valence-corrected chi connectivity index (χ3v) is 5.60. The van der Waals surface area contributed by atoms with Crippen molar-refractivity contribution in [3.63, 3.8) is 0 Å². The summed E-state index contributed by atoms with van der Waals surface area (Å²) in [6, 6.07) is 6.58. The third-order valence-electron chi connectivity index (χ3n) is 5.60. The first kappa shape index (κ1) is 19.3. The maximum atomic E-state index is 14.2. The van der Waals surface area contributed by atoms with Crippen LogP contribution in [-0.4, -0.2) is 24.3 Å². The number of nitrogen functional groups attached to an aromatic ring is 1. The molecule has 1 aliphatic rings. The van der Waals surface area contributed by atoms with Gasteiger partial charge in [0.2, 0.25) is 0 Å². The number of rotatable bonds is 1. The Balaban J connectivity index is 1.81. The summed E-state index contributed by atoms with van der Waals surface area (Å²) in [6.45, 7) is 7.15. The van der Waals surface area contributed by atoms with E-state index in [0.717, 1.165) is 33.9 Å². The number of anilines is 1. The molecule has 0 saturated heterocycles. The molecule has 3 aromatic heterocycles. The first-order valence-electron chi connectivity index (χ1n) is 10.3. The molecule has 0 fully saturated rings. The molecule has 4 aromatic rings. The Labute approximate surface area is 179 Å². The summed E-state index contributed by atoms with van der Waals surface area (Å²) >= 11 is 0. The summed E-state index contributed by atoms with van der Waals surface area (Å²) in [4.78, 5) is 9.11. The molecule has 0 radical (unpaired) electrons. The van der Waals surface area contributed by atoms with Crippen molar-refractivity contribution in [2.45, 2.75) is 40.0 Å². The number of pyridine rings is 1. The Morgan fingerprint density at radius 1 is 1.26 bits per heavy atom. The zero-order chi connectivity index (χ0) is 21.7. The van der Waals surface area contributed by atoms with E-state index in [1.807, 2.05) is 43.9 Å². The van der Waals surface area contributed by atoms with Crippen LogP contribution in [0.1, 0.15) is 36.8 Å². The molecule has 5 rings (SSSR count). The average Bonchev–Trinajstić information content (AvgIpc) is 3.32.